The van der Waals surface area contributed by atoms with Gasteiger partial charge in [-0.1, -0.05) is 18.2 Å². The van der Waals surface area contributed by atoms with Crippen LogP contribution in [0.1, 0.15) is 11.9 Å². The lowest BCUT2D eigenvalue weighted by molar-refractivity contribution is 1.46. The molecule has 2 rings (SSSR count). The van der Waals surface area contributed by atoms with Crippen LogP contribution in [0.3, 0.4) is 0 Å². The summed E-state index contributed by atoms with van der Waals surface area (Å²) in [7, 11) is 0. The Labute approximate surface area is 75.4 Å². The van der Waals surface area contributed by atoms with E-state index in [2.05, 4.69) is 11.1 Å². The molecule has 0 saturated heterocycles. The third kappa shape index (κ3) is 1.25. The van der Waals surface area contributed by atoms with E-state index in [1.807, 2.05) is 37.3 Å². The summed E-state index contributed by atoms with van der Waals surface area (Å²) in [5, 5.41) is 1.08. The fraction of sp³-hybridized carbons (Fsp3) is 0.100. The zero-order valence-corrected chi connectivity index (χ0v) is 7.64. The standard InChI is InChI=1S/C10H9NS/c1-2-5-10-11-8-6-3-4-7-9(8)12-10/h2-7H,1H3/b5-2+. The fourth-order valence-corrected chi connectivity index (χ4v) is 2.04. The Hall–Kier alpha value is -1.15. The van der Waals surface area contributed by atoms with Crippen LogP contribution >= 0.6 is 11.3 Å². The molecule has 1 aromatic carbocycles. The highest BCUT2D eigenvalue weighted by Gasteiger charge is 1.97. The molecule has 0 amide bonds. The normalized spacial score (nSPS) is 11.4. The van der Waals surface area contributed by atoms with Gasteiger partial charge in [-0.05, 0) is 25.1 Å². The molecule has 0 spiro atoms. The van der Waals surface area contributed by atoms with Crippen LogP contribution in [-0.4, -0.2) is 4.98 Å². The zero-order chi connectivity index (χ0) is 8.39. The highest BCUT2D eigenvalue weighted by molar-refractivity contribution is 7.19. The summed E-state index contributed by atoms with van der Waals surface area (Å²) in [5.41, 5.74) is 1.09. The number of allylic oxidation sites excluding steroid dienone is 1. The van der Waals surface area contributed by atoms with Crippen molar-refractivity contribution in [3.8, 4) is 0 Å². The van der Waals surface area contributed by atoms with Gasteiger partial charge in [-0.2, -0.15) is 0 Å². The van der Waals surface area contributed by atoms with Crippen LogP contribution in [0, 0.1) is 0 Å². The SMILES string of the molecule is C/C=C/c1nc2ccccc2s1. The van der Waals surface area contributed by atoms with Crippen LogP contribution in [0.5, 0.6) is 0 Å². The molecule has 0 radical (unpaired) electrons. The number of thiazole rings is 1. The van der Waals surface area contributed by atoms with Crippen molar-refractivity contribution in [1.82, 2.24) is 4.98 Å². The number of hydrogen-bond acceptors (Lipinski definition) is 2. The van der Waals surface area contributed by atoms with Crippen molar-refractivity contribution in [1.29, 1.82) is 0 Å². The van der Waals surface area contributed by atoms with Crippen molar-refractivity contribution < 1.29 is 0 Å². The van der Waals surface area contributed by atoms with Crippen LogP contribution in [0.15, 0.2) is 30.3 Å². The lowest BCUT2D eigenvalue weighted by Crippen LogP contribution is -1.66. The Morgan fingerprint density at radius 3 is 2.92 bits per heavy atom. The van der Waals surface area contributed by atoms with Crippen molar-refractivity contribution in [2.45, 2.75) is 6.92 Å². The first kappa shape index (κ1) is 7.50. The molecule has 0 aliphatic carbocycles. The van der Waals surface area contributed by atoms with Crippen LogP contribution in [0.25, 0.3) is 16.3 Å². The maximum atomic E-state index is 4.43. The van der Waals surface area contributed by atoms with E-state index in [1.54, 1.807) is 11.3 Å². The second-order valence-electron chi connectivity index (χ2n) is 2.52. The van der Waals surface area contributed by atoms with E-state index in [0.717, 1.165) is 10.5 Å². The van der Waals surface area contributed by atoms with Crippen molar-refractivity contribution in [3.63, 3.8) is 0 Å². The van der Waals surface area contributed by atoms with E-state index >= 15 is 0 Å². The number of nitrogens with zero attached hydrogens (tertiary/aromatic N) is 1. The van der Waals surface area contributed by atoms with Crippen molar-refractivity contribution >= 4 is 27.6 Å². The molecule has 0 atom stereocenters. The van der Waals surface area contributed by atoms with Gasteiger partial charge in [0.15, 0.2) is 0 Å². The Morgan fingerprint density at radius 2 is 2.17 bits per heavy atom. The zero-order valence-electron chi connectivity index (χ0n) is 6.82. The molecule has 0 aliphatic heterocycles. The maximum absolute atomic E-state index is 4.43. The molecule has 0 unspecified atom stereocenters. The molecule has 0 N–H and O–H groups in total. The van der Waals surface area contributed by atoms with E-state index in [-0.39, 0.29) is 0 Å². The number of aromatic nitrogens is 1. The van der Waals surface area contributed by atoms with Gasteiger partial charge in [0.1, 0.15) is 5.01 Å². The molecule has 1 aromatic heterocycles. The van der Waals surface area contributed by atoms with Gasteiger partial charge in [-0.3, -0.25) is 0 Å². The molecular formula is C10H9NS. The van der Waals surface area contributed by atoms with Crippen LogP contribution in [0.4, 0.5) is 0 Å². The summed E-state index contributed by atoms with van der Waals surface area (Å²) in [4.78, 5) is 4.43. The number of fused-ring (bicyclic) bond motifs is 1. The highest BCUT2D eigenvalue weighted by Crippen LogP contribution is 2.21. The van der Waals surface area contributed by atoms with Gasteiger partial charge in [-0.15, -0.1) is 11.3 Å². The first-order chi connectivity index (χ1) is 5.90. The molecule has 60 valence electrons. The molecule has 12 heavy (non-hydrogen) atoms. The average Bonchev–Trinajstić information content (AvgIpc) is 2.47. The minimum absolute atomic E-state index is 1.08. The summed E-state index contributed by atoms with van der Waals surface area (Å²) in [5.74, 6) is 0. The Kier molecular flexibility index (Phi) is 1.92. The third-order valence-corrected chi connectivity index (χ3v) is 2.62. The summed E-state index contributed by atoms with van der Waals surface area (Å²) in [6.45, 7) is 2.01. The highest BCUT2D eigenvalue weighted by atomic mass is 32.1. The minimum atomic E-state index is 1.08. The fourth-order valence-electron chi connectivity index (χ4n) is 1.10. The number of benzene rings is 1. The number of rotatable bonds is 1. The van der Waals surface area contributed by atoms with E-state index < -0.39 is 0 Å². The van der Waals surface area contributed by atoms with E-state index in [4.69, 9.17) is 0 Å². The maximum Gasteiger partial charge on any atom is 0.117 e. The monoisotopic (exact) mass is 175 g/mol. The third-order valence-electron chi connectivity index (χ3n) is 1.62. The number of hydrogen-bond donors (Lipinski definition) is 0. The lowest BCUT2D eigenvalue weighted by atomic mass is 10.3. The Bertz CT molecular complexity index is 381. The molecular weight excluding hydrogens is 166 g/mol. The van der Waals surface area contributed by atoms with Crippen LogP contribution in [-0.2, 0) is 0 Å². The quantitative estimate of drug-likeness (QED) is 0.647. The molecule has 0 saturated carbocycles. The van der Waals surface area contributed by atoms with Crippen molar-refractivity contribution in [3.05, 3.63) is 35.3 Å². The topological polar surface area (TPSA) is 12.9 Å². The molecule has 0 fully saturated rings. The van der Waals surface area contributed by atoms with Crippen molar-refractivity contribution in [2.75, 3.05) is 0 Å². The predicted octanol–water partition coefficient (Wildman–Crippen LogP) is 3.33. The second kappa shape index (κ2) is 3.07. The van der Waals surface area contributed by atoms with Gasteiger partial charge in [0.05, 0.1) is 10.2 Å². The minimum Gasteiger partial charge on any atom is -0.237 e. The van der Waals surface area contributed by atoms with Crippen molar-refractivity contribution in [2.24, 2.45) is 0 Å². The first-order valence-corrected chi connectivity index (χ1v) is 4.70. The molecule has 1 heterocycles. The second-order valence-corrected chi connectivity index (χ2v) is 3.58. The van der Waals surface area contributed by atoms with Crippen LogP contribution < -0.4 is 0 Å². The van der Waals surface area contributed by atoms with Gasteiger partial charge in [0, 0.05) is 0 Å². The predicted molar refractivity (Wildman–Crippen MR) is 54.3 cm³/mol. The van der Waals surface area contributed by atoms with Crippen LogP contribution in [0.2, 0.25) is 0 Å². The van der Waals surface area contributed by atoms with Gasteiger partial charge >= 0.3 is 0 Å². The smallest absolute Gasteiger partial charge is 0.117 e. The lowest BCUT2D eigenvalue weighted by Gasteiger charge is -1.80. The van der Waals surface area contributed by atoms with Gasteiger partial charge in [0.2, 0.25) is 0 Å². The number of para-hydroxylation sites is 1. The summed E-state index contributed by atoms with van der Waals surface area (Å²) >= 11 is 1.72. The van der Waals surface area contributed by atoms with E-state index in [1.165, 1.54) is 4.70 Å². The molecule has 1 nitrogen and oxygen atoms in total. The molecule has 0 aliphatic rings. The van der Waals surface area contributed by atoms with E-state index in [0.29, 0.717) is 0 Å². The summed E-state index contributed by atoms with van der Waals surface area (Å²) in [6.07, 6.45) is 4.04. The average molecular weight is 175 g/mol. The van der Waals surface area contributed by atoms with Gasteiger partial charge < -0.3 is 0 Å². The van der Waals surface area contributed by atoms with Gasteiger partial charge in [-0.25, -0.2) is 4.98 Å². The summed E-state index contributed by atoms with van der Waals surface area (Å²) < 4.78 is 1.26. The molecule has 0 bridgehead atoms. The summed E-state index contributed by atoms with van der Waals surface area (Å²) in [6, 6.07) is 8.19. The van der Waals surface area contributed by atoms with Gasteiger partial charge in [0.25, 0.3) is 0 Å². The van der Waals surface area contributed by atoms with E-state index in [9.17, 15) is 0 Å². The largest absolute Gasteiger partial charge is 0.237 e. The first-order valence-electron chi connectivity index (χ1n) is 3.88. The molecule has 2 heteroatoms. The molecule has 2 aromatic rings. The Morgan fingerprint density at radius 1 is 1.33 bits per heavy atom. The Balaban J connectivity index is 2.62.